The highest BCUT2D eigenvalue weighted by Crippen LogP contribution is 1.84. The third kappa shape index (κ3) is 21.0. The fraction of sp³-hybridized carbons (Fsp3) is 0.727. The van der Waals surface area contributed by atoms with Crippen LogP contribution in [0, 0.1) is 0 Å². The summed E-state index contributed by atoms with van der Waals surface area (Å²) in [7, 11) is 1.31. The second-order valence-electron chi connectivity index (χ2n) is 2.75. The van der Waals surface area contributed by atoms with Crippen LogP contribution in [-0.2, 0) is 19.0 Å². The lowest BCUT2D eigenvalue weighted by atomic mass is 10.5. The zero-order chi connectivity index (χ0) is 13.4. The molecule has 0 aromatic carbocycles. The number of hydrogen-bond acceptors (Lipinski definition) is 6. The van der Waals surface area contributed by atoms with E-state index in [0.717, 1.165) is 12.5 Å². The lowest BCUT2D eigenvalue weighted by Gasteiger charge is -2.02. The van der Waals surface area contributed by atoms with E-state index in [2.05, 4.69) is 11.3 Å². The Bertz CT molecular complexity index is 163. The molecule has 0 saturated heterocycles. The van der Waals surface area contributed by atoms with Gasteiger partial charge in [0.05, 0.1) is 33.5 Å². The van der Waals surface area contributed by atoms with E-state index in [1.807, 2.05) is 0 Å². The second-order valence-corrected chi connectivity index (χ2v) is 2.75. The summed E-state index contributed by atoms with van der Waals surface area (Å²) in [5, 5.41) is 16.6. The number of hydrogen-bond donors (Lipinski definition) is 2. The van der Waals surface area contributed by atoms with E-state index in [-0.39, 0.29) is 13.2 Å². The van der Waals surface area contributed by atoms with Gasteiger partial charge in [-0.3, -0.25) is 0 Å². The predicted octanol–water partition coefficient (Wildman–Crippen LogP) is -0.260. The van der Waals surface area contributed by atoms with Crippen LogP contribution in [0.15, 0.2) is 12.7 Å². The van der Waals surface area contributed by atoms with Gasteiger partial charge in [-0.05, 0) is 6.42 Å². The number of rotatable bonds is 9. The third-order valence-corrected chi connectivity index (χ3v) is 1.42. The highest BCUT2D eigenvalue weighted by Gasteiger charge is 1.88. The zero-order valence-electron chi connectivity index (χ0n) is 10.3. The molecule has 0 bridgehead atoms. The highest BCUT2D eigenvalue weighted by molar-refractivity contribution is 5.80. The van der Waals surface area contributed by atoms with E-state index in [4.69, 9.17) is 19.7 Å². The molecule has 6 heteroatoms. The molecule has 0 aliphatic heterocycles. The standard InChI is InChI=1S/C7H16O4.C4H6O2/c8-2-6-10-4-1-5-11-7-3-9;1-3-4(5)6-2/h8-9H,1-7H2;3H,1H2,2H3. The van der Waals surface area contributed by atoms with E-state index >= 15 is 0 Å². The van der Waals surface area contributed by atoms with Crippen LogP contribution in [0.25, 0.3) is 0 Å². The van der Waals surface area contributed by atoms with Gasteiger partial charge in [0.15, 0.2) is 0 Å². The van der Waals surface area contributed by atoms with Crippen molar-refractivity contribution >= 4 is 5.97 Å². The first-order valence-corrected chi connectivity index (χ1v) is 5.30. The molecule has 0 rings (SSSR count). The van der Waals surface area contributed by atoms with E-state index < -0.39 is 5.97 Å². The van der Waals surface area contributed by atoms with Crippen LogP contribution in [0.1, 0.15) is 6.42 Å². The van der Waals surface area contributed by atoms with Crippen LogP contribution in [0.2, 0.25) is 0 Å². The number of carbonyl (C=O) groups excluding carboxylic acids is 1. The van der Waals surface area contributed by atoms with Crippen molar-refractivity contribution < 1.29 is 29.2 Å². The molecule has 0 atom stereocenters. The van der Waals surface area contributed by atoms with E-state index in [1.165, 1.54) is 7.11 Å². The molecule has 0 spiro atoms. The first-order chi connectivity index (χ1) is 8.22. The summed E-state index contributed by atoms with van der Waals surface area (Å²) in [6, 6.07) is 0. The molecule has 0 amide bonds. The number of aliphatic hydroxyl groups is 2. The zero-order valence-corrected chi connectivity index (χ0v) is 10.3. The number of methoxy groups -OCH3 is 1. The summed E-state index contributed by atoms with van der Waals surface area (Å²) in [4.78, 5) is 9.84. The SMILES string of the molecule is C=CC(=O)OC.OCCOCCCOCCO. The number of aliphatic hydroxyl groups excluding tert-OH is 2. The number of esters is 1. The Morgan fingerprint density at radius 2 is 1.59 bits per heavy atom. The number of carbonyl (C=O) groups is 1. The van der Waals surface area contributed by atoms with E-state index in [0.29, 0.717) is 26.4 Å². The molecule has 102 valence electrons. The maximum absolute atomic E-state index is 9.84. The highest BCUT2D eigenvalue weighted by atomic mass is 16.5. The van der Waals surface area contributed by atoms with Gasteiger partial charge < -0.3 is 24.4 Å². The van der Waals surface area contributed by atoms with Crippen molar-refractivity contribution in [3.8, 4) is 0 Å². The lowest BCUT2D eigenvalue weighted by Crippen LogP contribution is -2.06. The molecular formula is C11H22O6. The van der Waals surface area contributed by atoms with Crippen LogP contribution in [0.4, 0.5) is 0 Å². The van der Waals surface area contributed by atoms with Crippen molar-refractivity contribution in [2.24, 2.45) is 0 Å². The molecule has 0 aliphatic carbocycles. The predicted molar refractivity (Wildman–Crippen MR) is 62.6 cm³/mol. The fourth-order valence-corrected chi connectivity index (χ4v) is 0.680. The Labute approximate surface area is 102 Å². The van der Waals surface area contributed by atoms with Gasteiger partial charge in [-0.25, -0.2) is 4.79 Å². The number of ether oxygens (including phenoxy) is 3. The summed E-state index contributed by atoms with van der Waals surface area (Å²) in [6.07, 6.45) is 1.92. The summed E-state index contributed by atoms with van der Waals surface area (Å²) in [5.41, 5.74) is 0. The molecule has 17 heavy (non-hydrogen) atoms. The summed E-state index contributed by atoms with van der Waals surface area (Å²) >= 11 is 0. The van der Waals surface area contributed by atoms with Crippen molar-refractivity contribution in [3.05, 3.63) is 12.7 Å². The van der Waals surface area contributed by atoms with Crippen LogP contribution in [0.3, 0.4) is 0 Å². The quantitative estimate of drug-likeness (QED) is 0.333. The maximum atomic E-state index is 9.84. The van der Waals surface area contributed by atoms with Gasteiger partial charge in [0.2, 0.25) is 0 Å². The Hall–Kier alpha value is -0.950. The lowest BCUT2D eigenvalue weighted by molar-refractivity contribution is -0.134. The Morgan fingerprint density at radius 1 is 1.12 bits per heavy atom. The largest absolute Gasteiger partial charge is 0.466 e. The van der Waals surface area contributed by atoms with Crippen molar-refractivity contribution in [3.63, 3.8) is 0 Å². The van der Waals surface area contributed by atoms with Gasteiger partial charge >= 0.3 is 5.97 Å². The molecule has 0 aliphatic rings. The average Bonchev–Trinajstić information content (AvgIpc) is 2.37. The molecule has 0 aromatic heterocycles. The third-order valence-electron chi connectivity index (χ3n) is 1.42. The molecular weight excluding hydrogens is 228 g/mol. The molecule has 6 nitrogen and oxygen atoms in total. The Morgan fingerprint density at radius 3 is 1.82 bits per heavy atom. The van der Waals surface area contributed by atoms with Gasteiger partial charge in [-0.1, -0.05) is 6.58 Å². The monoisotopic (exact) mass is 250 g/mol. The molecule has 2 N–H and O–H groups in total. The molecule has 0 heterocycles. The topological polar surface area (TPSA) is 85.2 Å². The van der Waals surface area contributed by atoms with Crippen molar-refractivity contribution in [1.82, 2.24) is 0 Å². The minimum atomic E-state index is -0.394. The van der Waals surface area contributed by atoms with Crippen LogP contribution >= 0.6 is 0 Å². The summed E-state index contributed by atoms with van der Waals surface area (Å²) < 4.78 is 14.1. The summed E-state index contributed by atoms with van der Waals surface area (Å²) in [5.74, 6) is -0.394. The fourth-order valence-electron chi connectivity index (χ4n) is 0.680. The molecule has 0 fully saturated rings. The molecule has 0 radical (unpaired) electrons. The first kappa shape index (κ1) is 18.4. The normalized spacial score (nSPS) is 9.12. The molecule has 0 unspecified atom stereocenters. The van der Waals surface area contributed by atoms with Crippen molar-refractivity contribution in [2.75, 3.05) is 46.8 Å². The van der Waals surface area contributed by atoms with Gasteiger partial charge in [-0.2, -0.15) is 0 Å². The van der Waals surface area contributed by atoms with Crippen LogP contribution in [-0.4, -0.2) is 62.9 Å². The Balaban J connectivity index is 0. The van der Waals surface area contributed by atoms with Crippen LogP contribution in [0.5, 0.6) is 0 Å². The summed E-state index contributed by atoms with van der Waals surface area (Å²) in [6.45, 7) is 5.27. The van der Waals surface area contributed by atoms with Crippen molar-refractivity contribution in [1.29, 1.82) is 0 Å². The van der Waals surface area contributed by atoms with Gasteiger partial charge in [0.25, 0.3) is 0 Å². The van der Waals surface area contributed by atoms with Crippen LogP contribution < -0.4 is 0 Å². The molecule has 0 saturated carbocycles. The first-order valence-electron chi connectivity index (χ1n) is 5.30. The van der Waals surface area contributed by atoms with E-state index in [9.17, 15) is 4.79 Å². The van der Waals surface area contributed by atoms with Crippen molar-refractivity contribution in [2.45, 2.75) is 6.42 Å². The smallest absolute Gasteiger partial charge is 0.329 e. The van der Waals surface area contributed by atoms with Gasteiger partial charge in [-0.15, -0.1) is 0 Å². The average molecular weight is 250 g/mol. The van der Waals surface area contributed by atoms with Gasteiger partial charge in [0.1, 0.15) is 0 Å². The minimum Gasteiger partial charge on any atom is -0.466 e. The minimum absolute atomic E-state index is 0.0670. The molecule has 0 aromatic rings. The van der Waals surface area contributed by atoms with E-state index in [1.54, 1.807) is 0 Å². The maximum Gasteiger partial charge on any atom is 0.329 e. The Kier molecular flexibility index (Phi) is 18.9. The van der Waals surface area contributed by atoms with Gasteiger partial charge in [0, 0.05) is 19.3 Å². The second kappa shape index (κ2) is 17.4.